The molecule has 0 spiro atoms. The van der Waals surface area contributed by atoms with Crippen LogP contribution in [0.5, 0.6) is 5.75 Å². The Kier molecular flexibility index (Phi) is 6.09. The normalized spacial score (nSPS) is 12.2. The number of nitrogens with one attached hydrogen (secondary N) is 1. The first-order chi connectivity index (χ1) is 8.19. The van der Waals surface area contributed by atoms with E-state index in [9.17, 15) is 0 Å². The second-order valence-corrected chi connectivity index (χ2v) is 4.41. The standard InChI is InChI=1S/C14H20ClNO/c1-4-5-6-9-17-14-8-7-12(15)10-13(14)11(2)16-3/h4,7-8,10-11,16H,1,5-6,9H2,2-3H3. The maximum atomic E-state index is 6.01. The summed E-state index contributed by atoms with van der Waals surface area (Å²) in [6, 6.07) is 5.96. The molecule has 0 saturated heterocycles. The van der Waals surface area contributed by atoms with Crippen LogP contribution in [0.15, 0.2) is 30.9 Å². The van der Waals surface area contributed by atoms with Gasteiger partial charge in [-0.3, -0.25) is 0 Å². The molecule has 3 heteroatoms. The Labute approximate surface area is 109 Å². The van der Waals surface area contributed by atoms with Crippen molar-refractivity contribution >= 4 is 11.6 Å². The van der Waals surface area contributed by atoms with Crippen molar-refractivity contribution in [2.75, 3.05) is 13.7 Å². The molecule has 0 aromatic heterocycles. The van der Waals surface area contributed by atoms with Crippen LogP contribution in [0.3, 0.4) is 0 Å². The summed E-state index contributed by atoms with van der Waals surface area (Å²) in [5.74, 6) is 0.903. The molecule has 0 heterocycles. The molecule has 0 aliphatic carbocycles. The van der Waals surface area contributed by atoms with Crippen LogP contribution in [0.4, 0.5) is 0 Å². The van der Waals surface area contributed by atoms with Gasteiger partial charge in [0, 0.05) is 16.6 Å². The van der Waals surface area contributed by atoms with Gasteiger partial charge in [-0.15, -0.1) is 6.58 Å². The third-order valence-electron chi connectivity index (χ3n) is 2.68. The fourth-order valence-electron chi connectivity index (χ4n) is 1.55. The van der Waals surface area contributed by atoms with Crippen molar-refractivity contribution in [1.29, 1.82) is 0 Å². The second kappa shape index (κ2) is 7.36. The molecule has 0 aliphatic heterocycles. The molecule has 0 radical (unpaired) electrons. The van der Waals surface area contributed by atoms with E-state index in [0.717, 1.165) is 29.2 Å². The minimum absolute atomic E-state index is 0.225. The third kappa shape index (κ3) is 4.41. The highest BCUT2D eigenvalue weighted by molar-refractivity contribution is 6.30. The highest BCUT2D eigenvalue weighted by Gasteiger charge is 2.10. The van der Waals surface area contributed by atoms with E-state index >= 15 is 0 Å². The SMILES string of the molecule is C=CCCCOc1ccc(Cl)cc1C(C)NC. The van der Waals surface area contributed by atoms with Crippen LogP contribution in [-0.2, 0) is 0 Å². The molecule has 1 aromatic rings. The van der Waals surface area contributed by atoms with Gasteiger partial charge in [0.05, 0.1) is 6.61 Å². The van der Waals surface area contributed by atoms with Crippen LogP contribution in [0, 0.1) is 0 Å². The van der Waals surface area contributed by atoms with Gasteiger partial charge in [0.2, 0.25) is 0 Å². The Morgan fingerprint density at radius 1 is 1.53 bits per heavy atom. The Bertz CT molecular complexity index is 365. The van der Waals surface area contributed by atoms with Gasteiger partial charge in [0.1, 0.15) is 5.75 Å². The van der Waals surface area contributed by atoms with E-state index in [1.165, 1.54) is 0 Å². The quantitative estimate of drug-likeness (QED) is 0.587. The van der Waals surface area contributed by atoms with Crippen molar-refractivity contribution in [1.82, 2.24) is 5.32 Å². The Morgan fingerprint density at radius 3 is 2.94 bits per heavy atom. The molecular weight excluding hydrogens is 234 g/mol. The lowest BCUT2D eigenvalue weighted by Crippen LogP contribution is -2.14. The Hall–Kier alpha value is -0.990. The van der Waals surface area contributed by atoms with Crippen LogP contribution >= 0.6 is 11.6 Å². The predicted octanol–water partition coefficient (Wildman–Crippen LogP) is 3.97. The lowest BCUT2D eigenvalue weighted by atomic mass is 10.1. The molecule has 0 aliphatic rings. The highest BCUT2D eigenvalue weighted by Crippen LogP contribution is 2.28. The zero-order valence-corrected chi connectivity index (χ0v) is 11.3. The van der Waals surface area contributed by atoms with Crippen molar-refractivity contribution in [2.24, 2.45) is 0 Å². The number of unbranched alkanes of at least 4 members (excludes halogenated alkanes) is 1. The average Bonchev–Trinajstić information content (AvgIpc) is 2.35. The summed E-state index contributed by atoms with van der Waals surface area (Å²) >= 11 is 6.01. The summed E-state index contributed by atoms with van der Waals surface area (Å²) in [7, 11) is 1.92. The number of ether oxygens (including phenoxy) is 1. The van der Waals surface area contributed by atoms with Crippen LogP contribution < -0.4 is 10.1 Å². The maximum Gasteiger partial charge on any atom is 0.124 e. The lowest BCUT2D eigenvalue weighted by Gasteiger charge is -2.16. The fraction of sp³-hybridized carbons (Fsp3) is 0.429. The largest absolute Gasteiger partial charge is 0.493 e. The third-order valence-corrected chi connectivity index (χ3v) is 2.92. The molecule has 1 rings (SSSR count). The number of halogens is 1. The highest BCUT2D eigenvalue weighted by atomic mass is 35.5. The van der Waals surface area contributed by atoms with E-state index in [0.29, 0.717) is 6.61 Å². The lowest BCUT2D eigenvalue weighted by molar-refractivity contribution is 0.306. The number of allylic oxidation sites excluding steroid dienone is 1. The second-order valence-electron chi connectivity index (χ2n) is 3.97. The van der Waals surface area contributed by atoms with Gasteiger partial charge in [-0.2, -0.15) is 0 Å². The summed E-state index contributed by atoms with van der Waals surface area (Å²) in [6.45, 7) is 6.48. The molecule has 17 heavy (non-hydrogen) atoms. The van der Waals surface area contributed by atoms with E-state index in [4.69, 9.17) is 16.3 Å². The molecule has 94 valence electrons. The van der Waals surface area contributed by atoms with E-state index in [-0.39, 0.29) is 6.04 Å². The summed E-state index contributed by atoms with van der Waals surface area (Å²) in [5, 5.41) is 3.93. The minimum Gasteiger partial charge on any atom is -0.493 e. The Morgan fingerprint density at radius 2 is 2.29 bits per heavy atom. The zero-order chi connectivity index (χ0) is 12.7. The van der Waals surface area contributed by atoms with Crippen molar-refractivity contribution in [2.45, 2.75) is 25.8 Å². The maximum absolute atomic E-state index is 6.01. The van der Waals surface area contributed by atoms with Gasteiger partial charge in [-0.1, -0.05) is 17.7 Å². The van der Waals surface area contributed by atoms with Crippen molar-refractivity contribution < 1.29 is 4.74 Å². The summed E-state index contributed by atoms with van der Waals surface area (Å²) in [5.41, 5.74) is 1.10. The summed E-state index contributed by atoms with van der Waals surface area (Å²) in [6.07, 6.45) is 3.87. The van der Waals surface area contributed by atoms with Gasteiger partial charge in [0.25, 0.3) is 0 Å². The smallest absolute Gasteiger partial charge is 0.124 e. The van der Waals surface area contributed by atoms with Crippen LogP contribution in [-0.4, -0.2) is 13.7 Å². The van der Waals surface area contributed by atoms with Crippen LogP contribution in [0.2, 0.25) is 5.02 Å². The molecule has 0 saturated carbocycles. The topological polar surface area (TPSA) is 21.3 Å². The van der Waals surface area contributed by atoms with Gasteiger partial charge >= 0.3 is 0 Å². The summed E-state index contributed by atoms with van der Waals surface area (Å²) in [4.78, 5) is 0. The molecule has 1 atom stereocenters. The van der Waals surface area contributed by atoms with Crippen LogP contribution in [0.25, 0.3) is 0 Å². The molecule has 0 fully saturated rings. The van der Waals surface area contributed by atoms with Crippen LogP contribution in [0.1, 0.15) is 31.4 Å². The van der Waals surface area contributed by atoms with Crippen molar-refractivity contribution in [3.63, 3.8) is 0 Å². The zero-order valence-electron chi connectivity index (χ0n) is 10.5. The molecule has 2 nitrogen and oxygen atoms in total. The van der Waals surface area contributed by atoms with E-state index < -0.39 is 0 Å². The first kappa shape index (κ1) is 14.1. The number of benzene rings is 1. The van der Waals surface area contributed by atoms with Crippen molar-refractivity contribution in [3.05, 3.63) is 41.4 Å². The molecular formula is C14H20ClNO. The minimum atomic E-state index is 0.225. The van der Waals surface area contributed by atoms with E-state index in [1.807, 2.05) is 31.3 Å². The van der Waals surface area contributed by atoms with Gasteiger partial charge < -0.3 is 10.1 Å². The molecule has 0 amide bonds. The van der Waals surface area contributed by atoms with Gasteiger partial charge in [-0.05, 0) is 45.0 Å². The molecule has 1 aromatic carbocycles. The molecule has 1 unspecified atom stereocenters. The summed E-state index contributed by atoms with van der Waals surface area (Å²) < 4.78 is 5.77. The fourth-order valence-corrected chi connectivity index (χ4v) is 1.73. The average molecular weight is 254 g/mol. The number of rotatable bonds is 7. The first-order valence-corrected chi connectivity index (χ1v) is 6.27. The molecule has 0 bridgehead atoms. The monoisotopic (exact) mass is 253 g/mol. The molecule has 1 N–H and O–H groups in total. The first-order valence-electron chi connectivity index (χ1n) is 5.89. The van der Waals surface area contributed by atoms with E-state index in [2.05, 4.69) is 18.8 Å². The van der Waals surface area contributed by atoms with Gasteiger partial charge in [0.15, 0.2) is 0 Å². The van der Waals surface area contributed by atoms with E-state index in [1.54, 1.807) is 0 Å². The Balaban J connectivity index is 2.72. The number of hydrogen-bond acceptors (Lipinski definition) is 2. The number of hydrogen-bond donors (Lipinski definition) is 1. The van der Waals surface area contributed by atoms with Gasteiger partial charge in [-0.25, -0.2) is 0 Å². The van der Waals surface area contributed by atoms with Crippen molar-refractivity contribution in [3.8, 4) is 5.75 Å². The predicted molar refractivity (Wildman–Crippen MR) is 73.9 cm³/mol.